The largest absolute Gasteiger partial charge is 0.394 e. The molecule has 1 aliphatic rings. The van der Waals surface area contributed by atoms with Crippen molar-refractivity contribution in [3.05, 3.63) is 12.7 Å². The highest BCUT2D eigenvalue weighted by atomic mass is 16.6. The van der Waals surface area contributed by atoms with E-state index < -0.39 is 24.4 Å². The van der Waals surface area contributed by atoms with Crippen LogP contribution in [0.5, 0.6) is 0 Å². The van der Waals surface area contributed by atoms with Gasteiger partial charge in [-0.15, -0.1) is 6.58 Å². The Kier molecular flexibility index (Phi) is 4.50. The molecule has 0 aliphatic carbocycles. The Labute approximate surface area is 82.6 Å². The smallest absolute Gasteiger partial charge is 0.111 e. The van der Waals surface area contributed by atoms with Gasteiger partial charge < -0.3 is 24.8 Å². The van der Waals surface area contributed by atoms with E-state index in [0.717, 1.165) is 0 Å². The fourth-order valence-corrected chi connectivity index (χ4v) is 1.35. The molecule has 5 nitrogen and oxygen atoms in total. The summed E-state index contributed by atoms with van der Waals surface area (Å²) in [6.45, 7) is 3.61. The molecule has 14 heavy (non-hydrogen) atoms. The molecule has 1 saturated heterocycles. The van der Waals surface area contributed by atoms with Crippen LogP contribution in [0.4, 0.5) is 0 Å². The maximum Gasteiger partial charge on any atom is 0.111 e. The van der Waals surface area contributed by atoms with Gasteiger partial charge in [-0.1, -0.05) is 6.08 Å². The second kappa shape index (κ2) is 5.43. The summed E-state index contributed by atoms with van der Waals surface area (Å²) in [5, 5.41) is 27.8. The van der Waals surface area contributed by atoms with E-state index >= 15 is 0 Å². The normalized spacial score (nSPS) is 38.2. The summed E-state index contributed by atoms with van der Waals surface area (Å²) in [7, 11) is 0. The Balaban J connectivity index is 2.46. The van der Waals surface area contributed by atoms with Crippen molar-refractivity contribution in [2.45, 2.75) is 24.4 Å². The fraction of sp³-hybridized carbons (Fsp3) is 0.778. The highest BCUT2D eigenvalue weighted by Gasteiger charge is 2.38. The van der Waals surface area contributed by atoms with Gasteiger partial charge in [0.25, 0.3) is 0 Å². The maximum absolute atomic E-state index is 9.57. The van der Waals surface area contributed by atoms with Crippen molar-refractivity contribution in [2.75, 3.05) is 19.8 Å². The van der Waals surface area contributed by atoms with Crippen LogP contribution >= 0.6 is 0 Å². The second-order valence-corrected chi connectivity index (χ2v) is 3.20. The van der Waals surface area contributed by atoms with E-state index in [4.69, 9.17) is 14.6 Å². The summed E-state index contributed by atoms with van der Waals surface area (Å²) in [4.78, 5) is 0. The molecule has 0 unspecified atom stereocenters. The van der Waals surface area contributed by atoms with Crippen LogP contribution in [0.1, 0.15) is 0 Å². The van der Waals surface area contributed by atoms with Crippen molar-refractivity contribution in [1.29, 1.82) is 0 Å². The molecule has 1 fully saturated rings. The second-order valence-electron chi connectivity index (χ2n) is 3.20. The number of ether oxygens (including phenoxy) is 2. The summed E-state index contributed by atoms with van der Waals surface area (Å²) < 4.78 is 10.3. The fourth-order valence-electron chi connectivity index (χ4n) is 1.35. The van der Waals surface area contributed by atoms with E-state index in [1.807, 2.05) is 0 Å². The zero-order chi connectivity index (χ0) is 10.6. The van der Waals surface area contributed by atoms with Crippen LogP contribution < -0.4 is 0 Å². The van der Waals surface area contributed by atoms with Gasteiger partial charge in [0.05, 0.1) is 19.8 Å². The van der Waals surface area contributed by atoms with E-state index in [1.54, 1.807) is 6.08 Å². The van der Waals surface area contributed by atoms with Crippen molar-refractivity contribution < 1.29 is 24.8 Å². The van der Waals surface area contributed by atoms with Crippen molar-refractivity contribution in [1.82, 2.24) is 0 Å². The van der Waals surface area contributed by atoms with Gasteiger partial charge in [-0.05, 0) is 0 Å². The molecule has 0 aromatic heterocycles. The van der Waals surface area contributed by atoms with E-state index in [2.05, 4.69) is 6.58 Å². The van der Waals surface area contributed by atoms with Crippen LogP contribution in [0.15, 0.2) is 12.7 Å². The average Bonchev–Trinajstić information content (AvgIpc) is 2.20. The predicted octanol–water partition coefficient (Wildman–Crippen LogP) is -1.33. The Morgan fingerprint density at radius 2 is 2.14 bits per heavy atom. The Morgan fingerprint density at radius 1 is 1.43 bits per heavy atom. The predicted molar refractivity (Wildman–Crippen MR) is 48.8 cm³/mol. The number of aliphatic hydroxyl groups is 3. The zero-order valence-electron chi connectivity index (χ0n) is 7.87. The number of hydrogen-bond acceptors (Lipinski definition) is 5. The molecule has 4 atom stereocenters. The molecule has 82 valence electrons. The van der Waals surface area contributed by atoms with E-state index in [-0.39, 0.29) is 13.2 Å². The van der Waals surface area contributed by atoms with Gasteiger partial charge in [-0.3, -0.25) is 0 Å². The SMILES string of the molecule is C=CCO[C@H]1CO[C@H](CO)[C@H](O)[C@@H]1O. The lowest BCUT2D eigenvalue weighted by molar-refractivity contribution is -0.205. The summed E-state index contributed by atoms with van der Waals surface area (Å²) >= 11 is 0. The molecule has 0 aromatic carbocycles. The Morgan fingerprint density at radius 3 is 2.71 bits per heavy atom. The lowest BCUT2D eigenvalue weighted by atomic mass is 10.0. The quantitative estimate of drug-likeness (QED) is 0.494. The molecule has 0 radical (unpaired) electrons. The summed E-state index contributed by atoms with van der Waals surface area (Å²) in [5.74, 6) is 0. The third kappa shape index (κ3) is 2.52. The van der Waals surface area contributed by atoms with Crippen molar-refractivity contribution >= 4 is 0 Å². The first-order valence-electron chi connectivity index (χ1n) is 4.51. The molecule has 0 spiro atoms. The van der Waals surface area contributed by atoms with E-state index in [0.29, 0.717) is 6.61 Å². The van der Waals surface area contributed by atoms with Gasteiger partial charge in [-0.2, -0.15) is 0 Å². The highest BCUT2D eigenvalue weighted by molar-refractivity contribution is 4.87. The zero-order valence-corrected chi connectivity index (χ0v) is 7.87. The molecule has 1 aliphatic heterocycles. The molecular formula is C9H16O5. The molecule has 5 heteroatoms. The first kappa shape index (κ1) is 11.6. The minimum atomic E-state index is -1.11. The molecule has 3 N–H and O–H groups in total. The minimum absolute atomic E-state index is 0.164. The van der Waals surface area contributed by atoms with Crippen LogP contribution in [0.3, 0.4) is 0 Å². The van der Waals surface area contributed by atoms with Crippen molar-refractivity contribution in [2.24, 2.45) is 0 Å². The van der Waals surface area contributed by atoms with Gasteiger partial charge in [-0.25, -0.2) is 0 Å². The van der Waals surface area contributed by atoms with Gasteiger partial charge in [0.15, 0.2) is 0 Å². The van der Waals surface area contributed by atoms with Crippen molar-refractivity contribution in [3.8, 4) is 0 Å². The van der Waals surface area contributed by atoms with Crippen LogP contribution in [0, 0.1) is 0 Å². The third-order valence-corrected chi connectivity index (χ3v) is 2.19. The van der Waals surface area contributed by atoms with Crippen LogP contribution in [-0.2, 0) is 9.47 Å². The standard InChI is InChI=1S/C9H16O5/c1-2-3-13-7-5-14-6(4-10)8(11)9(7)12/h2,6-12H,1,3-5H2/t6-,7+,8+,9-/m1/s1. The van der Waals surface area contributed by atoms with Crippen LogP contribution in [0.25, 0.3) is 0 Å². The summed E-state index contributed by atoms with van der Waals surface area (Å²) in [6.07, 6.45) is -1.87. The molecule has 1 rings (SSSR count). The number of hydrogen-bond donors (Lipinski definition) is 3. The summed E-state index contributed by atoms with van der Waals surface area (Å²) in [5.41, 5.74) is 0. The first-order valence-corrected chi connectivity index (χ1v) is 4.51. The average molecular weight is 204 g/mol. The van der Waals surface area contributed by atoms with E-state index in [1.165, 1.54) is 0 Å². The minimum Gasteiger partial charge on any atom is -0.394 e. The summed E-state index contributed by atoms with van der Waals surface area (Å²) in [6, 6.07) is 0. The Bertz CT molecular complexity index is 184. The van der Waals surface area contributed by atoms with Gasteiger partial charge >= 0.3 is 0 Å². The van der Waals surface area contributed by atoms with Crippen molar-refractivity contribution in [3.63, 3.8) is 0 Å². The topological polar surface area (TPSA) is 79.2 Å². The van der Waals surface area contributed by atoms with Gasteiger partial charge in [0, 0.05) is 0 Å². The molecule has 1 heterocycles. The van der Waals surface area contributed by atoms with Gasteiger partial charge in [0.2, 0.25) is 0 Å². The van der Waals surface area contributed by atoms with Crippen LogP contribution in [-0.4, -0.2) is 59.6 Å². The third-order valence-electron chi connectivity index (χ3n) is 2.19. The lowest BCUT2D eigenvalue weighted by Gasteiger charge is -2.36. The molecular weight excluding hydrogens is 188 g/mol. The molecule has 0 saturated carbocycles. The molecule has 0 bridgehead atoms. The number of rotatable bonds is 4. The first-order chi connectivity index (χ1) is 6.70. The molecule has 0 aromatic rings. The molecule has 0 amide bonds. The van der Waals surface area contributed by atoms with Crippen LogP contribution in [0.2, 0.25) is 0 Å². The Hall–Kier alpha value is -0.460. The monoisotopic (exact) mass is 204 g/mol. The van der Waals surface area contributed by atoms with E-state index in [9.17, 15) is 10.2 Å². The number of aliphatic hydroxyl groups excluding tert-OH is 3. The highest BCUT2D eigenvalue weighted by Crippen LogP contribution is 2.17. The lowest BCUT2D eigenvalue weighted by Crippen LogP contribution is -2.54. The van der Waals surface area contributed by atoms with Gasteiger partial charge in [0.1, 0.15) is 24.4 Å². The maximum atomic E-state index is 9.57.